The number of esters is 1. The number of ether oxygens (including phenoxy) is 3. The molecule has 2 aromatic rings. The van der Waals surface area contributed by atoms with Gasteiger partial charge < -0.3 is 24.4 Å². The van der Waals surface area contributed by atoms with Crippen molar-refractivity contribution in [3.05, 3.63) is 82.0 Å². The van der Waals surface area contributed by atoms with Gasteiger partial charge in [0.2, 0.25) is 5.91 Å². The summed E-state index contributed by atoms with van der Waals surface area (Å²) in [5, 5.41) is 5.67. The van der Waals surface area contributed by atoms with Gasteiger partial charge in [-0.3, -0.25) is 4.79 Å². The molecule has 4 rings (SSSR count). The molecule has 2 atom stereocenters. The standard InChI is InChI=1S/C29H33N3O5S/c1-17(2)37-28(34)25-19(4)31-29-32(26(25)22-13-10-14-23(35-5)27(22)36-6)21(16-38-29)15-24(33)30-18(3)20-11-8-7-9-12-20/h7-14,16-18,26H,15H2,1-6H3,(H,30,33). The molecule has 2 aromatic carbocycles. The summed E-state index contributed by atoms with van der Waals surface area (Å²) in [6.07, 6.45) is -0.202. The predicted octanol–water partition coefficient (Wildman–Crippen LogP) is 5.50. The van der Waals surface area contributed by atoms with Gasteiger partial charge in [0, 0.05) is 11.3 Å². The summed E-state index contributed by atoms with van der Waals surface area (Å²) in [6.45, 7) is 7.37. The van der Waals surface area contributed by atoms with Crippen molar-refractivity contribution in [2.75, 3.05) is 14.2 Å². The van der Waals surface area contributed by atoms with Crippen molar-refractivity contribution in [2.24, 2.45) is 4.99 Å². The number of amides is 1. The van der Waals surface area contributed by atoms with Gasteiger partial charge in [0.25, 0.3) is 0 Å². The quantitative estimate of drug-likeness (QED) is 0.424. The topological polar surface area (TPSA) is 89.5 Å². The van der Waals surface area contributed by atoms with E-state index in [4.69, 9.17) is 19.2 Å². The minimum atomic E-state index is -0.626. The lowest BCUT2D eigenvalue weighted by atomic mass is 9.92. The molecule has 2 aliphatic heterocycles. The summed E-state index contributed by atoms with van der Waals surface area (Å²) in [5.74, 6) is 0.439. The Morgan fingerprint density at radius 3 is 2.45 bits per heavy atom. The highest BCUT2D eigenvalue weighted by Crippen LogP contribution is 2.48. The number of methoxy groups -OCH3 is 2. The smallest absolute Gasteiger partial charge is 0.338 e. The number of amidine groups is 1. The Balaban J connectivity index is 1.71. The fourth-order valence-electron chi connectivity index (χ4n) is 4.61. The third-order valence-electron chi connectivity index (χ3n) is 6.31. The number of para-hydroxylation sites is 1. The summed E-state index contributed by atoms with van der Waals surface area (Å²) in [5.41, 5.74) is 3.40. The van der Waals surface area contributed by atoms with Crippen molar-refractivity contribution in [1.29, 1.82) is 0 Å². The lowest BCUT2D eigenvalue weighted by Gasteiger charge is -2.37. The van der Waals surface area contributed by atoms with E-state index in [1.54, 1.807) is 27.2 Å². The maximum Gasteiger partial charge on any atom is 0.338 e. The van der Waals surface area contributed by atoms with Crippen molar-refractivity contribution in [3.8, 4) is 11.5 Å². The summed E-state index contributed by atoms with van der Waals surface area (Å²) in [4.78, 5) is 33.2. The van der Waals surface area contributed by atoms with Gasteiger partial charge in [-0.1, -0.05) is 54.2 Å². The highest BCUT2D eigenvalue weighted by atomic mass is 32.2. The Hall–Kier alpha value is -3.72. The Morgan fingerprint density at radius 1 is 1.05 bits per heavy atom. The van der Waals surface area contributed by atoms with Crippen LogP contribution in [0, 0.1) is 0 Å². The van der Waals surface area contributed by atoms with Crippen molar-refractivity contribution >= 4 is 28.8 Å². The fraction of sp³-hybridized carbons (Fsp3) is 0.345. The SMILES string of the molecule is COc1cccc(C2C(C(=O)OC(C)C)=C(C)N=C3SC=C(CC(=O)NC(C)c4ccccc4)N32)c1OC. The molecule has 0 spiro atoms. The Labute approximate surface area is 227 Å². The van der Waals surface area contributed by atoms with Crippen LogP contribution in [0.5, 0.6) is 11.5 Å². The zero-order valence-electron chi connectivity index (χ0n) is 22.5. The summed E-state index contributed by atoms with van der Waals surface area (Å²) < 4.78 is 17.0. The second-order valence-corrected chi connectivity index (χ2v) is 10.1. The highest BCUT2D eigenvalue weighted by Gasteiger charge is 2.43. The molecular weight excluding hydrogens is 502 g/mol. The van der Waals surface area contributed by atoms with E-state index in [0.29, 0.717) is 33.5 Å². The number of allylic oxidation sites excluding steroid dienone is 1. The highest BCUT2D eigenvalue weighted by molar-refractivity contribution is 8.16. The van der Waals surface area contributed by atoms with Crippen LogP contribution in [0.25, 0.3) is 0 Å². The second-order valence-electron chi connectivity index (χ2n) is 9.31. The van der Waals surface area contributed by atoms with Gasteiger partial charge in [-0.05, 0) is 44.7 Å². The zero-order chi connectivity index (χ0) is 27.4. The molecule has 200 valence electrons. The van der Waals surface area contributed by atoms with Crippen LogP contribution in [0.3, 0.4) is 0 Å². The first-order valence-corrected chi connectivity index (χ1v) is 13.3. The number of carbonyl (C=O) groups excluding carboxylic acids is 2. The molecule has 1 N–H and O–H groups in total. The molecule has 0 bridgehead atoms. The molecule has 0 saturated carbocycles. The summed E-state index contributed by atoms with van der Waals surface area (Å²) in [7, 11) is 3.13. The van der Waals surface area contributed by atoms with Crippen LogP contribution in [0.2, 0.25) is 0 Å². The summed E-state index contributed by atoms with van der Waals surface area (Å²) >= 11 is 1.42. The molecule has 8 nitrogen and oxygen atoms in total. The fourth-order valence-corrected chi connectivity index (χ4v) is 5.58. The number of rotatable bonds is 9. The molecule has 0 aliphatic carbocycles. The number of carbonyl (C=O) groups is 2. The number of aliphatic imine (C=N–C) groups is 1. The third kappa shape index (κ3) is 5.57. The number of nitrogens with zero attached hydrogens (tertiary/aromatic N) is 2. The predicted molar refractivity (Wildman–Crippen MR) is 149 cm³/mol. The van der Waals surface area contributed by atoms with Crippen LogP contribution in [-0.2, 0) is 14.3 Å². The maximum atomic E-state index is 13.4. The van der Waals surface area contributed by atoms with Gasteiger partial charge in [0.05, 0.1) is 50.1 Å². The molecule has 2 heterocycles. The molecule has 9 heteroatoms. The van der Waals surface area contributed by atoms with Crippen LogP contribution in [0.1, 0.15) is 57.3 Å². The lowest BCUT2D eigenvalue weighted by molar-refractivity contribution is -0.143. The van der Waals surface area contributed by atoms with Crippen molar-refractivity contribution in [3.63, 3.8) is 0 Å². The molecule has 2 aliphatic rings. The number of fused-ring (bicyclic) bond motifs is 1. The normalized spacial score (nSPS) is 17.4. The number of hydrogen-bond acceptors (Lipinski definition) is 8. The third-order valence-corrected chi connectivity index (χ3v) is 7.20. The van der Waals surface area contributed by atoms with E-state index in [9.17, 15) is 9.59 Å². The Kier molecular flexibility index (Phi) is 8.46. The molecular formula is C29H33N3O5S. The Morgan fingerprint density at radius 2 is 1.79 bits per heavy atom. The first-order valence-electron chi connectivity index (χ1n) is 12.5. The monoisotopic (exact) mass is 535 g/mol. The van der Waals surface area contributed by atoms with Gasteiger partial charge in [-0.25, -0.2) is 9.79 Å². The van der Waals surface area contributed by atoms with Crippen LogP contribution in [0.4, 0.5) is 0 Å². The Bertz CT molecular complexity index is 1300. The maximum absolute atomic E-state index is 13.4. The van der Waals surface area contributed by atoms with E-state index >= 15 is 0 Å². The molecule has 0 radical (unpaired) electrons. The largest absolute Gasteiger partial charge is 0.493 e. The number of thioether (sulfide) groups is 1. The summed E-state index contributed by atoms with van der Waals surface area (Å²) in [6, 6.07) is 14.6. The van der Waals surface area contributed by atoms with E-state index in [2.05, 4.69) is 5.32 Å². The number of nitrogens with one attached hydrogen (secondary N) is 1. The van der Waals surface area contributed by atoms with E-state index in [1.807, 2.05) is 73.5 Å². The van der Waals surface area contributed by atoms with Gasteiger partial charge >= 0.3 is 5.97 Å². The average molecular weight is 536 g/mol. The van der Waals surface area contributed by atoms with E-state index in [-0.39, 0.29) is 24.5 Å². The van der Waals surface area contributed by atoms with Crippen molar-refractivity contribution in [1.82, 2.24) is 10.2 Å². The zero-order valence-corrected chi connectivity index (χ0v) is 23.3. The van der Waals surface area contributed by atoms with E-state index < -0.39 is 12.0 Å². The van der Waals surface area contributed by atoms with Gasteiger partial charge in [0.1, 0.15) is 0 Å². The van der Waals surface area contributed by atoms with Crippen molar-refractivity contribution in [2.45, 2.75) is 52.3 Å². The molecule has 0 saturated heterocycles. The minimum Gasteiger partial charge on any atom is -0.493 e. The lowest BCUT2D eigenvalue weighted by Crippen LogP contribution is -2.38. The van der Waals surface area contributed by atoms with Gasteiger partial charge in [0.15, 0.2) is 16.7 Å². The second kappa shape index (κ2) is 11.8. The molecule has 0 fully saturated rings. The minimum absolute atomic E-state index is 0.109. The van der Waals surface area contributed by atoms with Gasteiger partial charge in [-0.2, -0.15) is 0 Å². The first kappa shape index (κ1) is 27.3. The van der Waals surface area contributed by atoms with Crippen molar-refractivity contribution < 1.29 is 23.8 Å². The van der Waals surface area contributed by atoms with Crippen LogP contribution in [0.15, 0.2) is 75.9 Å². The number of hydrogen-bond donors (Lipinski definition) is 1. The van der Waals surface area contributed by atoms with Crippen LogP contribution >= 0.6 is 11.8 Å². The van der Waals surface area contributed by atoms with E-state index in [1.165, 1.54) is 11.8 Å². The first-order chi connectivity index (χ1) is 18.2. The van der Waals surface area contributed by atoms with Crippen LogP contribution in [-0.4, -0.2) is 42.3 Å². The number of benzene rings is 2. The van der Waals surface area contributed by atoms with Crippen LogP contribution < -0.4 is 14.8 Å². The molecule has 38 heavy (non-hydrogen) atoms. The molecule has 1 amide bonds. The molecule has 2 unspecified atom stereocenters. The average Bonchev–Trinajstić information content (AvgIpc) is 3.28. The van der Waals surface area contributed by atoms with E-state index in [0.717, 1.165) is 11.3 Å². The van der Waals surface area contributed by atoms with Gasteiger partial charge in [-0.15, -0.1) is 0 Å². The molecule has 0 aromatic heterocycles.